The molecule has 1 atom stereocenters. The topological polar surface area (TPSA) is 92.7 Å². The molecule has 0 saturated heterocycles. The van der Waals surface area contributed by atoms with Crippen LogP contribution in [-0.4, -0.2) is 25.0 Å². The molecule has 1 aromatic rings. The van der Waals surface area contributed by atoms with Gasteiger partial charge in [-0.15, -0.1) is 0 Å². The molecule has 0 radical (unpaired) electrons. The SMILES string of the molecule is C[C@@H](C(=O)NO)c1ccc(OS(=O)(=O)C(F)(F)F)cc1. The van der Waals surface area contributed by atoms with Crippen LogP contribution >= 0.6 is 0 Å². The highest BCUT2D eigenvalue weighted by molar-refractivity contribution is 7.87. The van der Waals surface area contributed by atoms with Crippen LogP contribution in [0.4, 0.5) is 13.2 Å². The van der Waals surface area contributed by atoms with E-state index < -0.39 is 33.2 Å². The largest absolute Gasteiger partial charge is 0.534 e. The maximum atomic E-state index is 12.1. The summed E-state index contributed by atoms with van der Waals surface area (Å²) >= 11 is 0. The maximum absolute atomic E-state index is 12.1. The summed E-state index contributed by atoms with van der Waals surface area (Å²) in [5.74, 6) is -2.03. The molecule has 0 fully saturated rings. The van der Waals surface area contributed by atoms with Crippen molar-refractivity contribution in [3.05, 3.63) is 29.8 Å². The Balaban J connectivity index is 2.91. The number of hydrogen-bond donors (Lipinski definition) is 2. The first-order chi connectivity index (χ1) is 9.08. The van der Waals surface area contributed by atoms with Crippen molar-refractivity contribution in [2.24, 2.45) is 0 Å². The molecule has 112 valence electrons. The summed E-state index contributed by atoms with van der Waals surface area (Å²) in [4.78, 5) is 11.1. The van der Waals surface area contributed by atoms with Crippen molar-refractivity contribution in [3.63, 3.8) is 0 Å². The molecule has 0 spiro atoms. The average Bonchev–Trinajstić information content (AvgIpc) is 2.36. The summed E-state index contributed by atoms with van der Waals surface area (Å²) in [6.07, 6.45) is 0. The second-order valence-corrected chi connectivity index (χ2v) is 5.29. The van der Waals surface area contributed by atoms with Crippen LogP contribution in [0.1, 0.15) is 18.4 Å². The van der Waals surface area contributed by atoms with E-state index in [1.54, 1.807) is 0 Å². The molecular formula is C10H10F3NO5S. The second kappa shape index (κ2) is 5.67. The first-order valence-electron chi connectivity index (χ1n) is 5.13. The molecule has 1 aromatic carbocycles. The number of hydroxylamine groups is 1. The Morgan fingerprint density at radius 3 is 2.20 bits per heavy atom. The fourth-order valence-corrected chi connectivity index (χ4v) is 1.69. The van der Waals surface area contributed by atoms with Gasteiger partial charge in [-0.3, -0.25) is 10.0 Å². The minimum absolute atomic E-state index is 0.355. The van der Waals surface area contributed by atoms with E-state index >= 15 is 0 Å². The molecule has 0 bridgehead atoms. The van der Waals surface area contributed by atoms with E-state index in [1.165, 1.54) is 24.5 Å². The van der Waals surface area contributed by atoms with Crippen LogP contribution in [0.5, 0.6) is 5.75 Å². The maximum Gasteiger partial charge on any atom is 0.534 e. The van der Waals surface area contributed by atoms with E-state index in [0.717, 1.165) is 12.1 Å². The third-order valence-electron chi connectivity index (χ3n) is 2.37. The van der Waals surface area contributed by atoms with Crippen LogP contribution in [0.2, 0.25) is 0 Å². The van der Waals surface area contributed by atoms with E-state index in [0.29, 0.717) is 5.56 Å². The quantitative estimate of drug-likeness (QED) is 0.380. The first-order valence-corrected chi connectivity index (χ1v) is 6.54. The molecule has 0 heterocycles. The molecule has 0 aliphatic carbocycles. The summed E-state index contributed by atoms with van der Waals surface area (Å²) in [6, 6.07) is 4.36. The van der Waals surface area contributed by atoms with Crippen molar-refractivity contribution in [1.82, 2.24) is 5.48 Å². The fourth-order valence-electron chi connectivity index (χ4n) is 1.23. The van der Waals surface area contributed by atoms with Crippen LogP contribution < -0.4 is 9.66 Å². The van der Waals surface area contributed by atoms with E-state index in [-0.39, 0.29) is 0 Å². The molecular weight excluding hydrogens is 303 g/mol. The molecule has 0 saturated carbocycles. The average molecular weight is 313 g/mol. The van der Waals surface area contributed by atoms with Crippen molar-refractivity contribution in [1.29, 1.82) is 0 Å². The van der Waals surface area contributed by atoms with Gasteiger partial charge in [0, 0.05) is 0 Å². The second-order valence-electron chi connectivity index (χ2n) is 3.75. The van der Waals surface area contributed by atoms with Crippen molar-refractivity contribution in [2.75, 3.05) is 0 Å². The number of amides is 1. The summed E-state index contributed by atoms with van der Waals surface area (Å²) in [6.45, 7) is 1.44. The molecule has 10 heteroatoms. The Morgan fingerprint density at radius 2 is 1.80 bits per heavy atom. The number of rotatable bonds is 4. The molecule has 6 nitrogen and oxygen atoms in total. The molecule has 2 N–H and O–H groups in total. The van der Waals surface area contributed by atoms with Crippen molar-refractivity contribution < 1.29 is 35.8 Å². The standard InChI is InChI=1S/C10H10F3NO5S/c1-6(9(15)14-16)7-2-4-8(5-3-7)19-20(17,18)10(11,12)13/h2-6,16H,1H3,(H,14,15)/t6-/m1/s1. The minimum atomic E-state index is -5.72. The lowest BCUT2D eigenvalue weighted by Gasteiger charge is -2.12. The highest BCUT2D eigenvalue weighted by Crippen LogP contribution is 2.27. The molecule has 0 unspecified atom stereocenters. The van der Waals surface area contributed by atoms with Gasteiger partial charge in [0.05, 0.1) is 5.92 Å². The van der Waals surface area contributed by atoms with Gasteiger partial charge in [0.2, 0.25) is 0 Å². The van der Waals surface area contributed by atoms with E-state index in [1.807, 2.05) is 0 Å². The van der Waals surface area contributed by atoms with Gasteiger partial charge in [0.15, 0.2) is 0 Å². The summed E-state index contributed by atoms with van der Waals surface area (Å²) in [5.41, 5.74) is -3.74. The normalized spacial score (nSPS) is 13.7. The third kappa shape index (κ3) is 3.61. The molecule has 0 aliphatic rings. The Morgan fingerprint density at radius 1 is 1.30 bits per heavy atom. The molecule has 20 heavy (non-hydrogen) atoms. The van der Waals surface area contributed by atoms with Crippen LogP contribution in [0.15, 0.2) is 24.3 Å². The Hall–Kier alpha value is -1.81. The molecule has 1 rings (SSSR count). The van der Waals surface area contributed by atoms with Gasteiger partial charge >= 0.3 is 15.6 Å². The van der Waals surface area contributed by atoms with Crippen LogP contribution in [0, 0.1) is 0 Å². The zero-order valence-corrected chi connectivity index (χ0v) is 10.8. The van der Waals surface area contributed by atoms with Gasteiger partial charge in [-0.1, -0.05) is 12.1 Å². The molecule has 0 aromatic heterocycles. The zero-order chi connectivity index (χ0) is 15.6. The Bertz CT molecular complexity index is 582. The molecule has 0 aliphatic heterocycles. The smallest absolute Gasteiger partial charge is 0.376 e. The Labute approximate surface area is 112 Å². The van der Waals surface area contributed by atoms with Crippen LogP contribution in [-0.2, 0) is 14.9 Å². The lowest BCUT2D eigenvalue weighted by molar-refractivity contribution is -0.130. The molecule has 1 amide bonds. The lowest BCUT2D eigenvalue weighted by Crippen LogP contribution is -2.28. The van der Waals surface area contributed by atoms with Crippen molar-refractivity contribution in [3.8, 4) is 5.75 Å². The van der Waals surface area contributed by atoms with Gasteiger partial charge in [0.25, 0.3) is 5.91 Å². The van der Waals surface area contributed by atoms with E-state index in [2.05, 4.69) is 4.18 Å². The minimum Gasteiger partial charge on any atom is -0.376 e. The highest BCUT2D eigenvalue weighted by Gasteiger charge is 2.48. The van der Waals surface area contributed by atoms with Gasteiger partial charge in [0.1, 0.15) is 5.75 Å². The van der Waals surface area contributed by atoms with Crippen molar-refractivity contribution >= 4 is 16.0 Å². The fraction of sp³-hybridized carbons (Fsp3) is 0.300. The summed E-state index contributed by atoms with van der Waals surface area (Å²) in [7, 11) is -5.72. The van der Waals surface area contributed by atoms with Crippen LogP contribution in [0.25, 0.3) is 0 Å². The monoisotopic (exact) mass is 313 g/mol. The number of benzene rings is 1. The number of hydrogen-bond acceptors (Lipinski definition) is 5. The third-order valence-corrected chi connectivity index (χ3v) is 3.35. The number of carbonyl (C=O) groups is 1. The predicted octanol–water partition coefficient (Wildman–Crippen LogP) is 1.52. The van der Waals surface area contributed by atoms with Gasteiger partial charge in [-0.05, 0) is 24.6 Å². The van der Waals surface area contributed by atoms with E-state index in [4.69, 9.17) is 5.21 Å². The van der Waals surface area contributed by atoms with E-state index in [9.17, 15) is 26.4 Å². The number of halogens is 3. The zero-order valence-electron chi connectivity index (χ0n) is 10.0. The lowest BCUT2D eigenvalue weighted by atomic mass is 10.0. The van der Waals surface area contributed by atoms with Gasteiger partial charge in [-0.2, -0.15) is 21.6 Å². The number of carbonyl (C=O) groups excluding carboxylic acids is 1. The predicted molar refractivity (Wildman–Crippen MR) is 60.4 cm³/mol. The summed E-state index contributed by atoms with van der Waals surface area (Å²) in [5, 5.41) is 8.43. The van der Waals surface area contributed by atoms with Crippen molar-refractivity contribution in [2.45, 2.75) is 18.3 Å². The van der Waals surface area contributed by atoms with Gasteiger partial charge in [-0.25, -0.2) is 5.48 Å². The first kappa shape index (κ1) is 16.2. The number of alkyl halides is 3. The highest BCUT2D eigenvalue weighted by atomic mass is 32.2. The Kier molecular flexibility index (Phi) is 4.61. The summed E-state index contributed by atoms with van der Waals surface area (Å²) < 4.78 is 61.6. The number of nitrogens with one attached hydrogen (secondary N) is 1. The van der Waals surface area contributed by atoms with Crippen LogP contribution in [0.3, 0.4) is 0 Å². The van der Waals surface area contributed by atoms with Gasteiger partial charge < -0.3 is 4.18 Å².